The van der Waals surface area contributed by atoms with Crippen LogP contribution >= 0.6 is 0 Å². The van der Waals surface area contributed by atoms with Gasteiger partial charge in [-0.2, -0.15) is 0 Å². The molecule has 2 aromatic rings. The lowest BCUT2D eigenvalue weighted by Gasteiger charge is -2.12. The molecule has 2 rings (SSSR count). The van der Waals surface area contributed by atoms with Crippen molar-refractivity contribution in [2.45, 2.75) is 25.2 Å². The first-order valence-electron chi connectivity index (χ1n) is 8.36. The van der Waals surface area contributed by atoms with Crippen molar-refractivity contribution in [1.29, 1.82) is 0 Å². The van der Waals surface area contributed by atoms with Crippen LogP contribution in [0.4, 0.5) is 0 Å². The van der Waals surface area contributed by atoms with E-state index < -0.39 is 10.0 Å². The van der Waals surface area contributed by atoms with E-state index in [1.807, 2.05) is 30.3 Å². The summed E-state index contributed by atoms with van der Waals surface area (Å²) in [4.78, 5) is 12.5. The fourth-order valence-electron chi connectivity index (χ4n) is 2.43. The van der Waals surface area contributed by atoms with E-state index in [-0.39, 0.29) is 10.8 Å². The zero-order valence-corrected chi connectivity index (χ0v) is 16.0. The Balaban J connectivity index is 1.95. The Morgan fingerprint density at radius 2 is 1.81 bits per heavy atom. The molecule has 140 valence electrons. The summed E-state index contributed by atoms with van der Waals surface area (Å²) < 4.78 is 32.1. The summed E-state index contributed by atoms with van der Waals surface area (Å²) in [5.41, 5.74) is 1.71. The first-order chi connectivity index (χ1) is 12.3. The summed E-state index contributed by atoms with van der Waals surface area (Å²) >= 11 is 0. The van der Waals surface area contributed by atoms with Crippen LogP contribution in [-0.2, 0) is 10.0 Å². The van der Waals surface area contributed by atoms with E-state index in [0.717, 1.165) is 11.3 Å². The highest BCUT2D eigenvalue weighted by Crippen LogP contribution is 2.21. The lowest BCUT2D eigenvalue weighted by Crippen LogP contribution is -2.27. The number of hydrogen-bond acceptors (Lipinski definition) is 4. The molecule has 0 aliphatic carbocycles. The van der Waals surface area contributed by atoms with Crippen molar-refractivity contribution in [2.24, 2.45) is 0 Å². The van der Waals surface area contributed by atoms with Gasteiger partial charge < -0.3 is 10.1 Å². The Labute approximate surface area is 154 Å². The molecule has 0 radical (unpaired) electrons. The smallest absolute Gasteiger partial charge is 0.251 e. The molecule has 2 aromatic carbocycles. The molecular formula is C19H24N2O4S. The number of sulfonamides is 1. The van der Waals surface area contributed by atoms with Gasteiger partial charge in [0.25, 0.3) is 5.91 Å². The quantitative estimate of drug-likeness (QED) is 0.693. The van der Waals surface area contributed by atoms with Crippen LogP contribution in [0.25, 0.3) is 0 Å². The van der Waals surface area contributed by atoms with Crippen LogP contribution in [0.5, 0.6) is 5.75 Å². The van der Waals surface area contributed by atoms with Crippen molar-refractivity contribution < 1.29 is 17.9 Å². The van der Waals surface area contributed by atoms with E-state index in [2.05, 4.69) is 10.0 Å². The van der Waals surface area contributed by atoms with Crippen LogP contribution in [0.15, 0.2) is 47.4 Å². The SMILES string of the molecule is CNS(=O)(=O)c1cc(C(=O)NCCCOc2ccccc2)cc(C)c1C. The fraction of sp³-hybridized carbons (Fsp3) is 0.316. The summed E-state index contributed by atoms with van der Waals surface area (Å²) in [6.45, 7) is 4.43. The van der Waals surface area contributed by atoms with Crippen LogP contribution < -0.4 is 14.8 Å². The zero-order valence-electron chi connectivity index (χ0n) is 15.2. The molecule has 0 heterocycles. The number of carbonyl (C=O) groups is 1. The van der Waals surface area contributed by atoms with Gasteiger partial charge in [-0.15, -0.1) is 0 Å². The monoisotopic (exact) mass is 376 g/mol. The number of hydrogen-bond donors (Lipinski definition) is 2. The van der Waals surface area contributed by atoms with Gasteiger partial charge in [-0.3, -0.25) is 4.79 Å². The molecule has 0 atom stereocenters. The van der Waals surface area contributed by atoms with E-state index in [1.165, 1.54) is 13.1 Å². The highest BCUT2D eigenvalue weighted by molar-refractivity contribution is 7.89. The average molecular weight is 376 g/mol. The van der Waals surface area contributed by atoms with Crippen LogP contribution in [0.1, 0.15) is 27.9 Å². The topological polar surface area (TPSA) is 84.5 Å². The average Bonchev–Trinajstić information content (AvgIpc) is 2.64. The van der Waals surface area contributed by atoms with Crippen LogP contribution in [0.3, 0.4) is 0 Å². The van der Waals surface area contributed by atoms with Gasteiger partial charge in [0.2, 0.25) is 10.0 Å². The molecule has 26 heavy (non-hydrogen) atoms. The molecule has 0 unspecified atom stereocenters. The number of ether oxygens (including phenoxy) is 1. The van der Waals surface area contributed by atoms with E-state index in [4.69, 9.17) is 4.74 Å². The van der Waals surface area contributed by atoms with Gasteiger partial charge in [0.1, 0.15) is 5.75 Å². The van der Waals surface area contributed by atoms with E-state index in [1.54, 1.807) is 19.9 Å². The Morgan fingerprint density at radius 3 is 2.46 bits per heavy atom. The lowest BCUT2D eigenvalue weighted by molar-refractivity contribution is 0.0951. The maximum atomic E-state index is 12.3. The van der Waals surface area contributed by atoms with Crippen molar-refractivity contribution >= 4 is 15.9 Å². The van der Waals surface area contributed by atoms with E-state index >= 15 is 0 Å². The van der Waals surface area contributed by atoms with E-state index in [9.17, 15) is 13.2 Å². The van der Waals surface area contributed by atoms with Crippen LogP contribution in [0.2, 0.25) is 0 Å². The third-order valence-electron chi connectivity index (χ3n) is 4.06. The molecule has 0 aliphatic rings. The van der Waals surface area contributed by atoms with Gasteiger partial charge in [0.05, 0.1) is 11.5 Å². The first-order valence-corrected chi connectivity index (χ1v) is 9.84. The van der Waals surface area contributed by atoms with Crippen LogP contribution in [-0.4, -0.2) is 34.5 Å². The number of para-hydroxylation sites is 1. The molecule has 6 nitrogen and oxygen atoms in total. The van der Waals surface area contributed by atoms with Crippen molar-refractivity contribution in [3.63, 3.8) is 0 Å². The van der Waals surface area contributed by atoms with E-state index in [0.29, 0.717) is 30.7 Å². The van der Waals surface area contributed by atoms with Crippen molar-refractivity contribution in [3.05, 3.63) is 59.2 Å². The predicted octanol–water partition coefficient (Wildman–Crippen LogP) is 2.41. The van der Waals surface area contributed by atoms with Gasteiger partial charge in [-0.1, -0.05) is 18.2 Å². The lowest BCUT2D eigenvalue weighted by atomic mass is 10.1. The fourth-order valence-corrected chi connectivity index (χ4v) is 3.50. The first kappa shape index (κ1) is 19.9. The molecule has 0 spiro atoms. The Hall–Kier alpha value is -2.38. The van der Waals surface area contributed by atoms with Gasteiger partial charge in [-0.25, -0.2) is 13.1 Å². The molecule has 2 N–H and O–H groups in total. The highest BCUT2D eigenvalue weighted by atomic mass is 32.2. The normalized spacial score (nSPS) is 11.2. The second-order valence-corrected chi connectivity index (χ2v) is 7.75. The third kappa shape index (κ3) is 5.06. The maximum Gasteiger partial charge on any atom is 0.251 e. The molecule has 0 saturated heterocycles. The van der Waals surface area contributed by atoms with Crippen molar-refractivity contribution in [1.82, 2.24) is 10.0 Å². The molecule has 0 saturated carbocycles. The number of aryl methyl sites for hydroxylation is 1. The Kier molecular flexibility index (Phi) is 6.76. The summed E-state index contributed by atoms with van der Waals surface area (Å²) in [6, 6.07) is 12.6. The molecular weight excluding hydrogens is 352 g/mol. The highest BCUT2D eigenvalue weighted by Gasteiger charge is 2.19. The summed E-state index contributed by atoms with van der Waals surface area (Å²) in [5, 5.41) is 2.79. The second kappa shape index (κ2) is 8.82. The van der Waals surface area contributed by atoms with Gasteiger partial charge in [0, 0.05) is 12.1 Å². The zero-order chi connectivity index (χ0) is 19.2. The molecule has 7 heteroatoms. The molecule has 0 aliphatic heterocycles. The van der Waals surface area contributed by atoms with Crippen LogP contribution in [0, 0.1) is 13.8 Å². The number of nitrogens with one attached hydrogen (secondary N) is 2. The largest absolute Gasteiger partial charge is 0.494 e. The molecule has 0 bridgehead atoms. The standard InChI is InChI=1S/C19H24N2O4S/c1-14-12-16(13-18(15(14)2)26(23,24)20-3)19(22)21-10-7-11-25-17-8-5-4-6-9-17/h4-6,8-9,12-13,20H,7,10-11H2,1-3H3,(H,21,22). The molecule has 1 amide bonds. The number of rotatable bonds is 8. The minimum absolute atomic E-state index is 0.123. The van der Waals surface area contributed by atoms with Crippen molar-refractivity contribution in [2.75, 3.05) is 20.2 Å². The third-order valence-corrected chi connectivity index (χ3v) is 5.60. The molecule has 0 fully saturated rings. The second-order valence-electron chi connectivity index (χ2n) is 5.89. The number of benzene rings is 2. The minimum atomic E-state index is -3.62. The minimum Gasteiger partial charge on any atom is -0.494 e. The number of amides is 1. The Morgan fingerprint density at radius 1 is 1.12 bits per heavy atom. The van der Waals surface area contributed by atoms with Gasteiger partial charge in [-0.05, 0) is 62.7 Å². The summed E-state index contributed by atoms with van der Waals surface area (Å²) in [5.74, 6) is 0.482. The van der Waals surface area contributed by atoms with Gasteiger partial charge >= 0.3 is 0 Å². The summed E-state index contributed by atoms with van der Waals surface area (Å²) in [7, 11) is -2.27. The summed E-state index contributed by atoms with van der Waals surface area (Å²) in [6.07, 6.45) is 0.646. The maximum absolute atomic E-state index is 12.3. The molecule has 0 aromatic heterocycles. The predicted molar refractivity (Wildman–Crippen MR) is 101 cm³/mol. The number of carbonyl (C=O) groups excluding carboxylic acids is 1. The Bertz CT molecular complexity index is 865. The van der Waals surface area contributed by atoms with Gasteiger partial charge in [0.15, 0.2) is 0 Å². The van der Waals surface area contributed by atoms with Crippen molar-refractivity contribution in [3.8, 4) is 5.75 Å².